The molecule has 6 nitrogen and oxygen atoms in total. The molecule has 0 fully saturated rings. The lowest BCUT2D eigenvalue weighted by molar-refractivity contribution is -0.140. The molecule has 0 radical (unpaired) electrons. The predicted molar refractivity (Wildman–Crippen MR) is 75.0 cm³/mol. The van der Waals surface area contributed by atoms with Gasteiger partial charge in [0.15, 0.2) is 0 Å². The highest BCUT2D eigenvalue weighted by molar-refractivity contribution is 6.35. The number of amides is 3. The number of rotatable bonds is 3. The molecule has 0 bridgehead atoms. The van der Waals surface area contributed by atoms with E-state index in [0.717, 1.165) is 6.08 Å². The summed E-state index contributed by atoms with van der Waals surface area (Å²) in [5.41, 5.74) is 4.19. The Morgan fingerprint density at radius 1 is 1.10 bits per heavy atom. The van der Waals surface area contributed by atoms with Crippen molar-refractivity contribution in [2.24, 2.45) is 0 Å². The third-order valence-electron chi connectivity index (χ3n) is 2.24. The van der Waals surface area contributed by atoms with Gasteiger partial charge in [-0.25, -0.2) is 4.39 Å². The van der Waals surface area contributed by atoms with E-state index in [4.69, 9.17) is 0 Å². The molecule has 1 rings (SSSR count). The number of hydrogen-bond donors (Lipinski definition) is 3. The minimum atomic E-state index is -0.989. The Balaban J connectivity index is 2.46. The van der Waals surface area contributed by atoms with Gasteiger partial charge in [0.05, 0.1) is 0 Å². The highest BCUT2D eigenvalue weighted by Gasteiger charge is 2.14. The molecular weight excluding hydrogens is 277 g/mol. The maximum atomic E-state index is 13.3. The van der Waals surface area contributed by atoms with E-state index in [1.165, 1.54) is 24.3 Å². The lowest BCUT2D eigenvalue weighted by atomic mass is 10.2. The van der Waals surface area contributed by atoms with Crippen molar-refractivity contribution in [1.29, 1.82) is 0 Å². The molecule has 0 spiro atoms. The number of benzene rings is 1. The van der Waals surface area contributed by atoms with Crippen LogP contribution in [0.15, 0.2) is 30.3 Å². The Bertz CT molecular complexity index is 570. The second-order valence-corrected chi connectivity index (χ2v) is 4.43. The Kier molecular flexibility index (Phi) is 6.06. The molecule has 3 amide bonds. The van der Waals surface area contributed by atoms with Crippen LogP contribution in [0, 0.1) is 5.82 Å². The topological polar surface area (TPSA) is 87.3 Å². The van der Waals surface area contributed by atoms with Crippen LogP contribution in [0.5, 0.6) is 0 Å². The second kappa shape index (κ2) is 7.78. The van der Waals surface area contributed by atoms with E-state index in [2.05, 4.69) is 5.32 Å². The van der Waals surface area contributed by atoms with Crippen LogP contribution >= 0.6 is 0 Å². The van der Waals surface area contributed by atoms with Gasteiger partial charge in [-0.1, -0.05) is 18.2 Å². The van der Waals surface area contributed by atoms with Gasteiger partial charge in [0.2, 0.25) is 0 Å². The van der Waals surface area contributed by atoms with Gasteiger partial charge in [-0.15, -0.1) is 0 Å². The molecule has 7 heteroatoms. The average molecular weight is 293 g/mol. The SMILES string of the molecule is CC(C)NC(=O)C(=O)NNC(=O)/C=C/c1ccccc1F. The summed E-state index contributed by atoms with van der Waals surface area (Å²) >= 11 is 0. The third-order valence-corrected chi connectivity index (χ3v) is 2.24. The smallest absolute Gasteiger partial charge is 0.327 e. The summed E-state index contributed by atoms with van der Waals surface area (Å²) in [5, 5.41) is 2.36. The van der Waals surface area contributed by atoms with Crippen LogP contribution < -0.4 is 16.2 Å². The fourth-order valence-corrected chi connectivity index (χ4v) is 1.32. The lowest BCUT2D eigenvalue weighted by Crippen LogP contribution is -2.49. The van der Waals surface area contributed by atoms with Gasteiger partial charge >= 0.3 is 11.8 Å². The molecular formula is C14H16FN3O3. The predicted octanol–water partition coefficient (Wildman–Crippen LogP) is 0.511. The van der Waals surface area contributed by atoms with Gasteiger partial charge in [0, 0.05) is 17.7 Å². The number of carbonyl (C=O) groups is 3. The van der Waals surface area contributed by atoms with E-state index in [-0.39, 0.29) is 11.6 Å². The minimum absolute atomic E-state index is 0.195. The molecule has 0 atom stereocenters. The first kappa shape index (κ1) is 16.4. The normalized spacial score (nSPS) is 10.5. The molecule has 0 aliphatic rings. The van der Waals surface area contributed by atoms with Crippen molar-refractivity contribution in [2.75, 3.05) is 0 Å². The summed E-state index contributed by atoms with van der Waals surface area (Å²) in [6.45, 7) is 3.39. The van der Waals surface area contributed by atoms with Crippen LogP contribution in [0.3, 0.4) is 0 Å². The van der Waals surface area contributed by atoms with Gasteiger partial charge < -0.3 is 5.32 Å². The van der Waals surface area contributed by atoms with Gasteiger partial charge in [-0.2, -0.15) is 0 Å². The molecule has 0 unspecified atom stereocenters. The zero-order chi connectivity index (χ0) is 15.8. The Hall–Kier alpha value is -2.70. The molecule has 1 aromatic rings. The highest BCUT2D eigenvalue weighted by Crippen LogP contribution is 2.07. The van der Waals surface area contributed by atoms with Crippen molar-refractivity contribution in [3.63, 3.8) is 0 Å². The summed E-state index contributed by atoms with van der Waals surface area (Å²) in [6.07, 6.45) is 2.30. The minimum Gasteiger partial charge on any atom is -0.346 e. The fourth-order valence-electron chi connectivity index (χ4n) is 1.32. The molecule has 0 aliphatic carbocycles. The van der Waals surface area contributed by atoms with E-state index in [1.807, 2.05) is 10.9 Å². The van der Waals surface area contributed by atoms with Crippen molar-refractivity contribution in [3.8, 4) is 0 Å². The lowest BCUT2D eigenvalue weighted by Gasteiger charge is -2.08. The zero-order valence-corrected chi connectivity index (χ0v) is 11.6. The van der Waals surface area contributed by atoms with Crippen molar-refractivity contribution in [2.45, 2.75) is 19.9 Å². The maximum Gasteiger partial charge on any atom is 0.327 e. The van der Waals surface area contributed by atoms with Crippen LogP contribution in [-0.4, -0.2) is 23.8 Å². The van der Waals surface area contributed by atoms with Crippen LogP contribution in [0.4, 0.5) is 4.39 Å². The fraction of sp³-hybridized carbons (Fsp3) is 0.214. The standard InChI is InChI=1S/C14H16FN3O3/c1-9(2)16-13(20)14(21)18-17-12(19)8-7-10-5-3-4-6-11(10)15/h3-9H,1-2H3,(H,16,20)(H,17,19)(H,18,21)/b8-7+. The highest BCUT2D eigenvalue weighted by atomic mass is 19.1. The summed E-state index contributed by atoms with van der Waals surface area (Å²) in [5.74, 6) is -3.01. The molecule has 21 heavy (non-hydrogen) atoms. The number of hydrogen-bond acceptors (Lipinski definition) is 3. The monoisotopic (exact) mass is 293 g/mol. The van der Waals surface area contributed by atoms with Gasteiger partial charge in [0.25, 0.3) is 5.91 Å². The first-order valence-electron chi connectivity index (χ1n) is 6.23. The molecule has 112 valence electrons. The Labute approximate surface area is 121 Å². The van der Waals surface area contributed by atoms with Crippen molar-refractivity contribution in [1.82, 2.24) is 16.2 Å². The first-order valence-corrected chi connectivity index (χ1v) is 6.23. The van der Waals surface area contributed by atoms with E-state index in [1.54, 1.807) is 19.9 Å². The molecule has 0 saturated heterocycles. The zero-order valence-electron chi connectivity index (χ0n) is 11.6. The number of hydrazine groups is 1. The Morgan fingerprint density at radius 3 is 2.38 bits per heavy atom. The summed E-state index contributed by atoms with van der Waals surface area (Å²) < 4.78 is 13.3. The van der Waals surface area contributed by atoms with E-state index < -0.39 is 23.5 Å². The first-order chi connectivity index (χ1) is 9.90. The number of carbonyl (C=O) groups excluding carboxylic acids is 3. The average Bonchev–Trinajstić information content (AvgIpc) is 2.43. The van der Waals surface area contributed by atoms with E-state index in [9.17, 15) is 18.8 Å². The largest absolute Gasteiger partial charge is 0.346 e. The van der Waals surface area contributed by atoms with Gasteiger partial charge in [-0.05, 0) is 26.0 Å². The summed E-state index contributed by atoms with van der Waals surface area (Å²) in [4.78, 5) is 33.9. The van der Waals surface area contributed by atoms with E-state index >= 15 is 0 Å². The van der Waals surface area contributed by atoms with Crippen LogP contribution in [-0.2, 0) is 14.4 Å². The van der Waals surface area contributed by atoms with Gasteiger partial charge in [-0.3, -0.25) is 25.2 Å². The van der Waals surface area contributed by atoms with Crippen molar-refractivity contribution >= 4 is 23.8 Å². The molecule has 0 aliphatic heterocycles. The Morgan fingerprint density at radius 2 is 1.76 bits per heavy atom. The number of nitrogens with one attached hydrogen (secondary N) is 3. The van der Waals surface area contributed by atoms with Gasteiger partial charge in [0.1, 0.15) is 5.82 Å². The quantitative estimate of drug-likeness (QED) is 0.431. The van der Waals surface area contributed by atoms with Crippen molar-refractivity contribution in [3.05, 3.63) is 41.7 Å². The molecule has 0 aromatic heterocycles. The van der Waals surface area contributed by atoms with Crippen molar-refractivity contribution < 1.29 is 18.8 Å². The number of halogens is 1. The summed E-state index contributed by atoms with van der Waals surface area (Å²) in [6, 6.07) is 5.71. The molecule has 0 heterocycles. The van der Waals surface area contributed by atoms with Crippen LogP contribution in [0.1, 0.15) is 19.4 Å². The molecule has 3 N–H and O–H groups in total. The van der Waals surface area contributed by atoms with Crippen LogP contribution in [0.2, 0.25) is 0 Å². The maximum absolute atomic E-state index is 13.3. The third kappa shape index (κ3) is 5.85. The molecule has 0 saturated carbocycles. The second-order valence-electron chi connectivity index (χ2n) is 4.43. The van der Waals surface area contributed by atoms with E-state index in [0.29, 0.717) is 0 Å². The summed E-state index contributed by atoms with van der Waals surface area (Å²) in [7, 11) is 0. The van der Waals surface area contributed by atoms with Crippen LogP contribution in [0.25, 0.3) is 6.08 Å². The molecule has 1 aromatic carbocycles.